The number of hydrogen-bond donors (Lipinski definition) is 1. The van der Waals surface area contributed by atoms with Gasteiger partial charge in [0.25, 0.3) is 11.6 Å². The zero-order valence-corrected chi connectivity index (χ0v) is 17.8. The van der Waals surface area contributed by atoms with Crippen molar-refractivity contribution in [1.82, 2.24) is 9.88 Å². The Morgan fingerprint density at radius 2 is 1.81 bits per heavy atom. The van der Waals surface area contributed by atoms with Crippen LogP contribution in [0, 0.1) is 10.1 Å². The lowest BCUT2D eigenvalue weighted by Gasteiger charge is -2.35. The number of H-pyrrole nitrogens is 1. The molecule has 0 atom stereocenters. The number of aryl methyl sites for hydroxylation is 2. The number of fused-ring (bicyclic) bond motifs is 3. The number of nitrogens with zero attached hydrogens (tertiary/aromatic N) is 3. The Morgan fingerprint density at radius 3 is 2.58 bits per heavy atom. The van der Waals surface area contributed by atoms with Crippen LogP contribution in [-0.2, 0) is 12.8 Å². The van der Waals surface area contributed by atoms with Crippen molar-refractivity contribution in [1.29, 1.82) is 0 Å². The Labute approximate surface area is 184 Å². The zero-order chi connectivity index (χ0) is 21.5. The van der Waals surface area contributed by atoms with Gasteiger partial charge in [-0.3, -0.25) is 14.9 Å². The molecule has 0 radical (unpaired) electrons. The first-order valence-electron chi connectivity index (χ1n) is 10.6. The standard InChI is InChI=1S/C23H23ClN4O3/c24-16-6-8-21(22(14-16)28(30)31)26-9-11-27(12-10-26)23(29)15-5-7-20-18(13-15)17-3-1-2-4-19(17)25-20/h5-8,13-14,25H,1-4,9-12H2. The zero-order valence-electron chi connectivity index (χ0n) is 17.1. The van der Waals surface area contributed by atoms with Crippen LogP contribution < -0.4 is 4.90 Å². The fourth-order valence-corrected chi connectivity index (χ4v) is 4.95. The lowest BCUT2D eigenvalue weighted by atomic mass is 9.95. The molecule has 1 fully saturated rings. The van der Waals surface area contributed by atoms with Gasteiger partial charge in [0.1, 0.15) is 5.69 Å². The SMILES string of the molecule is O=C(c1ccc2[nH]c3c(c2c1)CCCC3)N1CCN(c2ccc(Cl)cc2[N+](=O)[O-])CC1. The van der Waals surface area contributed by atoms with Gasteiger partial charge in [-0.1, -0.05) is 11.6 Å². The molecule has 1 aliphatic heterocycles. The second-order valence-electron chi connectivity index (χ2n) is 8.22. The molecule has 8 heteroatoms. The van der Waals surface area contributed by atoms with Crippen molar-refractivity contribution in [3.63, 3.8) is 0 Å². The van der Waals surface area contributed by atoms with Crippen molar-refractivity contribution >= 4 is 39.8 Å². The van der Waals surface area contributed by atoms with E-state index < -0.39 is 4.92 Å². The highest BCUT2D eigenvalue weighted by molar-refractivity contribution is 6.30. The molecule has 1 N–H and O–H groups in total. The molecular formula is C23H23ClN4O3. The number of aromatic amines is 1. The van der Waals surface area contributed by atoms with E-state index in [0.717, 1.165) is 23.7 Å². The van der Waals surface area contributed by atoms with Gasteiger partial charge in [0, 0.05) is 59.4 Å². The van der Waals surface area contributed by atoms with Crippen LogP contribution in [0.1, 0.15) is 34.5 Å². The highest BCUT2D eigenvalue weighted by atomic mass is 35.5. The van der Waals surface area contributed by atoms with Crippen molar-refractivity contribution in [2.45, 2.75) is 25.7 Å². The minimum Gasteiger partial charge on any atom is -0.362 e. The van der Waals surface area contributed by atoms with E-state index in [4.69, 9.17) is 11.6 Å². The van der Waals surface area contributed by atoms with Gasteiger partial charge in [-0.25, -0.2) is 0 Å². The van der Waals surface area contributed by atoms with E-state index in [2.05, 4.69) is 4.98 Å². The van der Waals surface area contributed by atoms with E-state index in [1.807, 2.05) is 28.0 Å². The highest BCUT2D eigenvalue weighted by Crippen LogP contribution is 2.32. The molecule has 5 rings (SSSR count). The van der Waals surface area contributed by atoms with Crippen LogP contribution in [0.15, 0.2) is 36.4 Å². The fraction of sp³-hybridized carbons (Fsp3) is 0.348. The average Bonchev–Trinajstić information content (AvgIpc) is 3.16. The molecule has 0 saturated carbocycles. The van der Waals surface area contributed by atoms with E-state index in [0.29, 0.717) is 42.5 Å². The number of nitro benzene ring substituents is 1. The Morgan fingerprint density at radius 1 is 1.03 bits per heavy atom. The third-order valence-corrected chi connectivity index (χ3v) is 6.62. The third kappa shape index (κ3) is 3.63. The topological polar surface area (TPSA) is 82.5 Å². The summed E-state index contributed by atoms with van der Waals surface area (Å²) in [6.45, 7) is 2.11. The number of piperazine rings is 1. The molecular weight excluding hydrogens is 416 g/mol. The Bertz CT molecular complexity index is 1180. The molecule has 2 heterocycles. The minimum absolute atomic E-state index is 0.00467. The second-order valence-corrected chi connectivity index (χ2v) is 8.66. The number of amides is 1. The summed E-state index contributed by atoms with van der Waals surface area (Å²) >= 11 is 5.93. The maximum Gasteiger partial charge on any atom is 0.294 e. The predicted octanol–water partition coefficient (Wildman–Crippen LogP) is 4.57. The molecule has 2 aromatic carbocycles. The van der Waals surface area contributed by atoms with Gasteiger partial charge in [0.15, 0.2) is 0 Å². The summed E-state index contributed by atoms with van der Waals surface area (Å²) in [5, 5.41) is 12.9. The summed E-state index contributed by atoms with van der Waals surface area (Å²) in [6, 6.07) is 10.6. The number of anilines is 1. The van der Waals surface area contributed by atoms with Crippen molar-refractivity contribution < 1.29 is 9.72 Å². The molecule has 31 heavy (non-hydrogen) atoms. The van der Waals surface area contributed by atoms with Crippen LogP contribution in [0.25, 0.3) is 10.9 Å². The number of nitrogens with one attached hydrogen (secondary N) is 1. The highest BCUT2D eigenvalue weighted by Gasteiger charge is 2.27. The van der Waals surface area contributed by atoms with E-state index >= 15 is 0 Å². The molecule has 0 unspecified atom stereocenters. The molecule has 2 aliphatic rings. The van der Waals surface area contributed by atoms with E-state index in [-0.39, 0.29) is 11.6 Å². The predicted molar refractivity (Wildman–Crippen MR) is 121 cm³/mol. The number of aromatic nitrogens is 1. The van der Waals surface area contributed by atoms with Gasteiger partial charge in [-0.2, -0.15) is 0 Å². The number of halogens is 1. The molecule has 1 aromatic heterocycles. The summed E-state index contributed by atoms with van der Waals surface area (Å²) in [5.74, 6) is 0.0120. The molecule has 7 nitrogen and oxygen atoms in total. The second kappa shape index (κ2) is 7.89. The Kier molecular flexibility index (Phi) is 5.06. The van der Waals surface area contributed by atoms with E-state index in [1.165, 1.54) is 30.2 Å². The summed E-state index contributed by atoms with van der Waals surface area (Å²) in [7, 11) is 0. The van der Waals surface area contributed by atoms with Gasteiger partial charge >= 0.3 is 0 Å². The number of carbonyl (C=O) groups excluding carboxylic acids is 1. The van der Waals surface area contributed by atoms with Gasteiger partial charge in [-0.05, 0) is 61.6 Å². The van der Waals surface area contributed by atoms with Crippen molar-refractivity contribution in [3.05, 3.63) is 68.4 Å². The van der Waals surface area contributed by atoms with Crippen LogP contribution in [0.5, 0.6) is 0 Å². The molecule has 3 aromatic rings. The number of nitro groups is 1. The lowest BCUT2D eigenvalue weighted by molar-refractivity contribution is -0.384. The summed E-state index contributed by atoms with van der Waals surface area (Å²) in [4.78, 5) is 31.5. The number of hydrogen-bond acceptors (Lipinski definition) is 4. The van der Waals surface area contributed by atoms with E-state index in [9.17, 15) is 14.9 Å². The fourth-order valence-electron chi connectivity index (χ4n) is 4.78. The Balaban J connectivity index is 1.33. The van der Waals surface area contributed by atoms with Gasteiger partial charge in [0.05, 0.1) is 4.92 Å². The van der Waals surface area contributed by atoms with Crippen LogP contribution in [-0.4, -0.2) is 46.9 Å². The van der Waals surface area contributed by atoms with Gasteiger partial charge < -0.3 is 14.8 Å². The van der Waals surface area contributed by atoms with Gasteiger partial charge in [0.2, 0.25) is 0 Å². The first-order valence-corrected chi connectivity index (χ1v) is 11.0. The summed E-state index contributed by atoms with van der Waals surface area (Å²) in [5.41, 5.74) is 5.01. The summed E-state index contributed by atoms with van der Waals surface area (Å²) in [6.07, 6.45) is 4.54. The largest absolute Gasteiger partial charge is 0.362 e. The van der Waals surface area contributed by atoms with Crippen molar-refractivity contribution in [2.75, 3.05) is 31.1 Å². The third-order valence-electron chi connectivity index (χ3n) is 6.39. The van der Waals surface area contributed by atoms with Crippen LogP contribution >= 0.6 is 11.6 Å². The van der Waals surface area contributed by atoms with Crippen LogP contribution in [0.2, 0.25) is 5.02 Å². The molecule has 0 spiro atoms. The smallest absolute Gasteiger partial charge is 0.294 e. The number of carbonyl (C=O) groups is 1. The monoisotopic (exact) mass is 438 g/mol. The molecule has 1 saturated heterocycles. The minimum atomic E-state index is -0.411. The van der Waals surface area contributed by atoms with E-state index in [1.54, 1.807) is 12.1 Å². The van der Waals surface area contributed by atoms with Crippen molar-refractivity contribution in [2.24, 2.45) is 0 Å². The normalized spacial score (nSPS) is 16.4. The van der Waals surface area contributed by atoms with Crippen molar-refractivity contribution in [3.8, 4) is 0 Å². The first kappa shape index (κ1) is 19.9. The van der Waals surface area contributed by atoms with Crippen LogP contribution in [0.3, 0.4) is 0 Å². The molecule has 1 amide bonds. The molecule has 0 bridgehead atoms. The Hall–Kier alpha value is -3.06. The van der Waals surface area contributed by atoms with Crippen LogP contribution in [0.4, 0.5) is 11.4 Å². The number of rotatable bonds is 3. The maximum absolute atomic E-state index is 13.2. The summed E-state index contributed by atoms with van der Waals surface area (Å²) < 4.78 is 0. The maximum atomic E-state index is 13.2. The van der Waals surface area contributed by atoms with Gasteiger partial charge in [-0.15, -0.1) is 0 Å². The first-order chi connectivity index (χ1) is 15.0. The quantitative estimate of drug-likeness (QED) is 0.479. The lowest BCUT2D eigenvalue weighted by Crippen LogP contribution is -2.49. The molecule has 1 aliphatic carbocycles. The number of benzene rings is 2. The molecule has 160 valence electrons. The average molecular weight is 439 g/mol.